The lowest BCUT2D eigenvalue weighted by atomic mass is 9.92. The largest absolute Gasteiger partial charge is 0.489 e. The molecule has 0 aliphatic carbocycles. The molecule has 1 aromatic heterocycles. The van der Waals surface area contributed by atoms with Crippen molar-refractivity contribution in [2.24, 2.45) is 0 Å². The molecule has 0 saturated heterocycles. The van der Waals surface area contributed by atoms with E-state index in [4.69, 9.17) is 13.9 Å². The van der Waals surface area contributed by atoms with Gasteiger partial charge in [0.05, 0.1) is 0 Å². The Balaban J connectivity index is 1.40. The predicted octanol–water partition coefficient (Wildman–Crippen LogP) is 4.13. The van der Waals surface area contributed by atoms with Crippen LogP contribution in [0.3, 0.4) is 0 Å². The number of carbonyl (C=O) groups excluding carboxylic acids is 1. The number of rotatable bonds is 5. The number of hydrogen-bond acceptors (Lipinski definition) is 5. The summed E-state index contributed by atoms with van der Waals surface area (Å²) in [6, 6.07) is 17.8. The van der Waals surface area contributed by atoms with Crippen LogP contribution in [0.15, 0.2) is 93.9 Å². The Labute approximate surface area is 161 Å². The second-order valence-electron chi connectivity index (χ2n) is 6.58. The number of fused-ring (bicyclic) bond motifs is 1. The van der Waals surface area contributed by atoms with E-state index in [0.29, 0.717) is 17.1 Å². The highest BCUT2D eigenvalue weighted by atomic mass is 16.5. The average molecular weight is 374 g/mol. The second kappa shape index (κ2) is 7.19. The van der Waals surface area contributed by atoms with Gasteiger partial charge in [-0.15, -0.1) is 0 Å². The minimum Gasteiger partial charge on any atom is -0.489 e. The number of ether oxygens (including phenoxy) is 2. The van der Waals surface area contributed by atoms with Gasteiger partial charge in [0.15, 0.2) is 5.60 Å². The minimum absolute atomic E-state index is 0.0937. The summed E-state index contributed by atoms with van der Waals surface area (Å²) in [5, 5.41) is 0.825. The molecule has 2 aromatic carbocycles. The zero-order valence-corrected chi connectivity index (χ0v) is 15.3. The number of allylic oxidation sites excluding steroid dienone is 1. The molecule has 2 heterocycles. The topological polar surface area (TPSA) is 65.7 Å². The third-order valence-electron chi connectivity index (χ3n) is 4.61. The fourth-order valence-electron chi connectivity index (χ4n) is 3.06. The maximum Gasteiger partial charge on any atom is 0.336 e. The third kappa shape index (κ3) is 3.47. The Kier molecular flexibility index (Phi) is 4.57. The number of hydrogen-bond donors (Lipinski definition) is 0. The first-order valence-corrected chi connectivity index (χ1v) is 8.88. The zero-order valence-electron chi connectivity index (χ0n) is 15.3. The van der Waals surface area contributed by atoms with Crippen molar-refractivity contribution >= 4 is 16.8 Å². The van der Waals surface area contributed by atoms with Gasteiger partial charge in [-0.05, 0) is 37.3 Å². The fraction of sp³-hybridized carbons (Fsp3) is 0.130. The van der Waals surface area contributed by atoms with Crippen molar-refractivity contribution in [1.82, 2.24) is 0 Å². The highest BCUT2D eigenvalue weighted by Crippen LogP contribution is 2.35. The van der Waals surface area contributed by atoms with Gasteiger partial charge in [0, 0.05) is 29.2 Å². The summed E-state index contributed by atoms with van der Waals surface area (Å²) in [5.41, 5.74) is -0.118. The standard InChI is InChI=1S/C23H18O5/c1-23(17-6-3-2-4-7-17)21(24)15-19(28-23)8-5-13-26-18-11-9-16-10-12-22(25)27-20(16)14-18/h2-12,14-15H,13H2,1H3/b8-5+. The Morgan fingerprint density at radius 1 is 1.04 bits per heavy atom. The first kappa shape index (κ1) is 17.8. The molecule has 0 fully saturated rings. The van der Waals surface area contributed by atoms with Crippen molar-refractivity contribution in [3.63, 3.8) is 0 Å². The minimum atomic E-state index is -1.00. The molecule has 0 spiro atoms. The van der Waals surface area contributed by atoms with E-state index >= 15 is 0 Å². The van der Waals surface area contributed by atoms with Crippen molar-refractivity contribution < 1.29 is 18.7 Å². The zero-order chi connectivity index (χ0) is 19.6. The van der Waals surface area contributed by atoms with Crippen molar-refractivity contribution in [2.75, 3.05) is 6.61 Å². The van der Waals surface area contributed by atoms with Gasteiger partial charge in [0.1, 0.15) is 23.7 Å². The van der Waals surface area contributed by atoms with Crippen molar-refractivity contribution in [2.45, 2.75) is 12.5 Å². The number of carbonyl (C=O) groups is 1. The number of ketones is 1. The first-order chi connectivity index (χ1) is 13.5. The van der Waals surface area contributed by atoms with Crippen LogP contribution in [-0.4, -0.2) is 12.4 Å². The van der Waals surface area contributed by atoms with Crippen LogP contribution in [0.4, 0.5) is 0 Å². The van der Waals surface area contributed by atoms with E-state index in [1.807, 2.05) is 36.4 Å². The molecule has 140 valence electrons. The molecule has 0 bridgehead atoms. The van der Waals surface area contributed by atoms with Gasteiger partial charge in [-0.1, -0.05) is 30.3 Å². The number of benzene rings is 2. The van der Waals surface area contributed by atoms with Crippen LogP contribution in [0.25, 0.3) is 11.0 Å². The molecular weight excluding hydrogens is 356 g/mol. The van der Waals surface area contributed by atoms with Gasteiger partial charge in [0.2, 0.25) is 5.78 Å². The SMILES string of the molecule is CC1(c2ccccc2)OC(/C=C/COc2ccc3ccc(=O)oc3c2)=CC1=O. The van der Waals surface area contributed by atoms with E-state index in [9.17, 15) is 9.59 Å². The van der Waals surface area contributed by atoms with E-state index in [0.717, 1.165) is 10.9 Å². The van der Waals surface area contributed by atoms with E-state index in [2.05, 4.69) is 0 Å². The van der Waals surface area contributed by atoms with Crippen molar-refractivity contribution in [3.05, 3.63) is 101 Å². The van der Waals surface area contributed by atoms with Crippen LogP contribution in [0.1, 0.15) is 12.5 Å². The lowest BCUT2D eigenvalue weighted by Crippen LogP contribution is -2.29. The van der Waals surface area contributed by atoms with Crippen LogP contribution >= 0.6 is 0 Å². The normalized spacial score (nSPS) is 19.0. The van der Waals surface area contributed by atoms with E-state index in [1.165, 1.54) is 12.1 Å². The molecule has 28 heavy (non-hydrogen) atoms. The molecule has 0 radical (unpaired) electrons. The maximum atomic E-state index is 12.4. The van der Waals surface area contributed by atoms with Crippen LogP contribution in [-0.2, 0) is 15.1 Å². The van der Waals surface area contributed by atoms with Gasteiger partial charge in [-0.25, -0.2) is 4.79 Å². The van der Waals surface area contributed by atoms with E-state index in [1.54, 1.807) is 37.3 Å². The molecule has 1 atom stereocenters. The smallest absolute Gasteiger partial charge is 0.336 e. The average Bonchev–Trinajstić information content (AvgIpc) is 3.00. The van der Waals surface area contributed by atoms with Gasteiger partial charge in [-0.2, -0.15) is 0 Å². The van der Waals surface area contributed by atoms with Gasteiger partial charge < -0.3 is 13.9 Å². The molecule has 1 aliphatic heterocycles. The highest BCUT2D eigenvalue weighted by molar-refractivity contribution is 6.00. The Morgan fingerprint density at radius 3 is 2.64 bits per heavy atom. The monoisotopic (exact) mass is 374 g/mol. The van der Waals surface area contributed by atoms with Crippen LogP contribution < -0.4 is 10.4 Å². The molecule has 1 unspecified atom stereocenters. The fourth-order valence-corrected chi connectivity index (χ4v) is 3.06. The summed E-state index contributed by atoms with van der Waals surface area (Å²) in [4.78, 5) is 23.7. The molecular formula is C23H18O5. The second-order valence-corrected chi connectivity index (χ2v) is 6.58. The molecule has 1 aliphatic rings. The van der Waals surface area contributed by atoms with Gasteiger partial charge in [0.25, 0.3) is 0 Å². The Morgan fingerprint density at radius 2 is 1.82 bits per heavy atom. The third-order valence-corrected chi connectivity index (χ3v) is 4.61. The molecule has 5 heteroatoms. The highest BCUT2D eigenvalue weighted by Gasteiger charge is 2.40. The van der Waals surface area contributed by atoms with Crippen molar-refractivity contribution in [1.29, 1.82) is 0 Å². The Bertz CT molecular complexity index is 1140. The summed E-state index contributed by atoms with van der Waals surface area (Å²) in [6.45, 7) is 2.04. The van der Waals surface area contributed by atoms with Crippen LogP contribution in [0, 0.1) is 0 Å². The van der Waals surface area contributed by atoms with Crippen molar-refractivity contribution in [3.8, 4) is 5.75 Å². The molecule has 4 rings (SSSR count). The molecule has 5 nitrogen and oxygen atoms in total. The molecule has 0 saturated carbocycles. The summed E-state index contributed by atoms with van der Waals surface area (Å²) in [6.07, 6.45) is 4.97. The van der Waals surface area contributed by atoms with Crippen LogP contribution in [0.2, 0.25) is 0 Å². The molecule has 3 aromatic rings. The summed E-state index contributed by atoms with van der Waals surface area (Å²) < 4.78 is 16.7. The molecule has 0 amide bonds. The summed E-state index contributed by atoms with van der Waals surface area (Å²) >= 11 is 0. The van der Waals surface area contributed by atoms with E-state index in [-0.39, 0.29) is 12.4 Å². The van der Waals surface area contributed by atoms with Gasteiger partial charge >= 0.3 is 5.63 Å². The lowest BCUT2D eigenvalue weighted by Gasteiger charge is -2.23. The van der Waals surface area contributed by atoms with E-state index < -0.39 is 11.2 Å². The first-order valence-electron chi connectivity index (χ1n) is 8.88. The molecule has 0 N–H and O–H groups in total. The van der Waals surface area contributed by atoms with Gasteiger partial charge in [-0.3, -0.25) is 4.79 Å². The lowest BCUT2D eigenvalue weighted by molar-refractivity contribution is -0.129. The predicted molar refractivity (Wildman–Crippen MR) is 105 cm³/mol. The van der Waals surface area contributed by atoms with Crippen LogP contribution in [0.5, 0.6) is 5.75 Å². The summed E-state index contributed by atoms with van der Waals surface area (Å²) in [7, 11) is 0. The maximum absolute atomic E-state index is 12.4. The Hall–Kier alpha value is -3.60. The quantitative estimate of drug-likeness (QED) is 0.629. The summed E-state index contributed by atoms with van der Waals surface area (Å²) in [5.74, 6) is 0.978.